The van der Waals surface area contributed by atoms with Crippen LogP contribution < -0.4 is 5.32 Å². The molecule has 1 fully saturated rings. The van der Waals surface area contributed by atoms with E-state index in [4.69, 9.17) is 15.0 Å². The summed E-state index contributed by atoms with van der Waals surface area (Å²) in [4.78, 5) is 32.2. The zero-order valence-electron chi connectivity index (χ0n) is 17.8. The fraction of sp³-hybridized carbons (Fsp3) is 0.571. The predicted molar refractivity (Wildman–Crippen MR) is 119 cm³/mol. The number of carbonyl (C=O) groups excluding carboxylic acids is 1. The number of hydrogen-bond acceptors (Lipinski definition) is 5. The largest absolute Gasteiger partial charge is 0.490 e. The van der Waals surface area contributed by atoms with Gasteiger partial charge in [-0.05, 0) is 37.0 Å². The van der Waals surface area contributed by atoms with Crippen LogP contribution in [0.15, 0.2) is 24.3 Å². The van der Waals surface area contributed by atoms with Gasteiger partial charge in [-0.15, -0.1) is 0 Å². The van der Waals surface area contributed by atoms with E-state index in [1.165, 1.54) is 22.9 Å². The molecule has 1 amide bonds. The molecule has 1 aliphatic rings. The molecule has 0 bridgehead atoms. The van der Waals surface area contributed by atoms with Crippen LogP contribution in [-0.4, -0.2) is 52.3 Å². The number of carboxylic acid groups (broad SMARTS) is 2. The molecule has 0 aromatic heterocycles. The van der Waals surface area contributed by atoms with Crippen LogP contribution in [-0.2, 0) is 20.8 Å². The van der Waals surface area contributed by atoms with E-state index >= 15 is 0 Å². The molecule has 2 rings (SSSR count). The van der Waals surface area contributed by atoms with E-state index in [0.29, 0.717) is 18.7 Å². The predicted octanol–water partition coefficient (Wildman–Crippen LogP) is 4.92. The molecule has 0 radical (unpaired) electrons. The molecular weight excluding hydrogens is 486 g/mol. The second kappa shape index (κ2) is 14.3. The first-order valence-electron chi connectivity index (χ1n) is 10.3. The van der Waals surface area contributed by atoms with Crippen molar-refractivity contribution in [3.63, 3.8) is 0 Å². The third kappa shape index (κ3) is 11.6. The first-order chi connectivity index (χ1) is 15.5. The van der Waals surface area contributed by atoms with Gasteiger partial charge in [0.05, 0.1) is 11.8 Å². The summed E-state index contributed by atoms with van der Waals surface area (Å²) in [5, 5.41) is 18.8. The summed E-state index contributed by atoms with van der Waals surface area (Å²) >= 11 is 0. The van der Waals surface area contributed by atoms with E-state index in [-0.39, 0.29) is 18.1 Å². The molecule has 33 heavy (non-hydrogen) atoms. The van der Waals surface area contributed by atoms with E-state index in [9.17, 15) is 27.2 Å². The van der Waals surface area contributed by atoms with Gasteiger partial charge in [0.15, 0.2) is 0 Å². The number of nitrogens with one attached hydrogen (secondary N) is 1. The van der Waals surface area contributed by atoms with Crippen LogP contribution in [0.25, 0.3) is 0 Å². The molecule has 0 spiro atoms. The van der Waals surface area contributed by atoms with E-state index in [1.807, 2.05) is 0 Å². The number of rotatable bonds is 10. The Labute approximate surface area is 197 Å². The van der Waals surface area contributed by atoms with Crippen molar-refractivity contribution < 1.29 is 42.2 Å². The van der Waals surface area contributed by atoms with Gasteiger partial charge >= 0.3 is 18.1 Å². The molecule has 1 aromatic carbocycles. The van der Waals surface area contributed by atoms with Crippen molar-refractivity contribution in [1.29, 1.82) is 0 Å². The van der Waals surface area contributed by atoms with Crippen LogP contribution in [0.3, 0.4) is 0 Å². The van der Waals surface area contributed by atoms with E-state index in [2.05, 4.69) is 5.32 Å². The molecule has 1 aromatic rings. The first kappa shape index (κ1) is 29.1. The van der Waals surface area contributed by atoms with Crippen molar-refractivity contribution in [2.75, 3.05) is 18.1 Å². The molecule has 3 N–H and O–H groups in total. The normalized spacial score (nSPS) is 15.2. The maximum atomic E-state index is 13.1. The Kier molecular flexibility index (Phi) is 12.6. The SMILES string of the molecule is O=C(O)C(F)(F)F.O=C(O)CCSSCCNC(=O)C1(Cc2ccc(F)cc2)CCCCC1. The molecule has 0 unspecified atom stereocenters. The van der Waals surface area contributed by atoms with Crippen LogP contribution in [0.1, 0.15) is 44.1 Å². The van der Waals surface area contributed by atoms with Crippen molar-refractivity contribution in [1.82, 2.24) is 5.32 Å². The number of carboxylic acids is 2. The van der Waals surface area contributed by atoms with Crippen molar-refractivity contribution in [3.05, 3.63) is 35.6 Å². The standard InChI is InChI=1S/C19H26FNO3S2.C2HF3O2/c20-16-6-4-15(5-7-16)14-19(9-2-1-3-10-19)18(24)21-11-13-26-25-12-8-17(22)23;3-2(4,5)1(6)7/h4-7H,1-3,8-14H2,(H,21,24)(H,22,23);(H,6,7). The van der Waals surface area contributed by atoms with Gasteiger partial charge in [0.2, 0.25) is 5.91 Å². The number of alkyl halides is 3. The lowest BCUT2D eigenvalue weighted by Gasteiger charge is -2.36. The highest BCUT2D eigenvalue weighted by Gasteiger charge is 2.39. The minimum absolute atomic E-state index is 0.0951. The molecule has 6 nitrogen and oxygen atoms in total. The first-order valence-corrected chi connectivity index (χ1v) is 12.7. The summed E-state index contributed by atoms with van der Waals surface area (Å²) in [6.45, 7) is 0.578. The second-order valence-electron chi connectivity index (χ2n) is 7.49. The number of aliphatic carboxylic acids is 2. The summed E-state index contributed by atoms with van der Waals surface area (Å²) in [6.07, 6.45) is 0.731. The molecule has 0 heterocycles. The van der Waals surface area contributed by atoms with Gasteiger partial charge in [0.25, 0.3) is 0 Å². The van der Waals surface area contributed by atoms with Gasteiger partial charge in [0.1, 0.15) is 5.82 Å². The molecule has 0 atom stereocenters. The lowest BCUT2D eigenvalue weighted by atomic mass is 9.69. The monoisotopic (exact) mass is 513 g/mol. The quantitative estimate of drug-likeness (QED) is 0.232. The summed E-state index contributed by atoms with van der Waals surface area (Å²) in [7, 11) is 3.11. The number of amides is 1. The maximum Gasteiger partial charge on any atom is 0.490 e. The number of halogens is 4. The van der Waals surface area contributed by atoms with Crippen molar-refractivity contribution >= 4 is 39.4 Å². The fourth-order valence-corrected chi connectivity index (χ4v) is 5.23. The third-order valence-electron chi connectivity index (χ3n) is 4.94. The minimum atomic E-state index is -5.08. The van der Waals surface area contributed by atoms with E-state index in [0.717, 1.165) is 43.4 Å². The third-order valence-corrected chi connectivity index (χ3v) is 7.35. The summed E-state index contributed by atoms with van der Waals surface area (Å²) in [5.41, 5.74) is 0.610. The highest BCUT2D eigenvalue weighted by molar-refractivity contribution is 8.76. The highest BCUT2D eigenvalue weighted by Crippen LogP contribution is 2.39. The van der Waals surface area contributed by atoms with Crippen LogP contribution in [0.5, 0.6) is 0 Å². The van der Waals surface area contributed by atoms with Gasteiger partial charge in [0, 0.05) is 18.1 Å². The second-order valence-corrected chi connectivity index (χ2v) is 10.2. The lowest BCUT2D eigenvalue weighted by Crippen LogP contribution is -2.44. The summed E-state index contributed by atoms with van der Waals surface area (Å²) < 4.78 is 44.9. The van der Waals surface area contributed by atoms with Crippen LogP contribution in [0.2, 0.25) is 0 Å². The number of hydrogen-bond donors (Lipinski definition) is 3. The van der Waals surface area contributed by atoms with Gasteiger partial charge < -0.3 is 15.5 Å². The molecular formula is C21H27F4NO5S2. The minimum Gasteiger partial charge on any atom is -0.481 e. The average Bonchev–Trinajstić information content (AvgIpc) is 2.75. The number of carbonyl (C=O) groups is 3. The molecule has 1 aliphatic carbocycles. The molecule has 12 heteroatoms. The molecule has 0 aliphatic heterocycles. The summed E-state index contributed by atoms with van der Waals surface area (Å²) in [5.74, 6) is -2.38. The molecule has 1 saturated carbocycles. The summed E-state index contributed by atoms with van der Waals surface area (Å²) in [6, 6.07) is 6.45. The lowest BCUT2D eigenvalue weighted by molar-refractivity contribution is -0.192. The van der Waals surface area contributed by atoms with Crippen LogP contribution >= 0.6 is 21.6 Å². The van der Waals surface area contributed by atoms with Crippen molar-refractivity contribution in [3.8, 4) is 0 Å². The maximum absolute atomic E-state index is 13.1. The van der Waals surface area contributed by atoms with Gasteiger partial charge in [-0.3, -0.25) is 9.59 Å². The Bertz CT molecular complexity index is 769. The van der Waals surface area contributed by atoms with E-state index in [1.54, 1.807) is 22.9 Å². The van der Waals surface area contributed by atoms with Gasteiger partial charge in [-0.25, -0.2) is 9.18 Å². The smallest absolute Gasteiger partial charge is 0.481 e. The van der Waals surface area contributed by atoms with E-state index < -0.39 is 23.5 Å². The Morgan fingerprint density at radius 2 is 1.52 bits per heavy atom. The van der Waals surface area contributed by atoms with Crippen molar-refractivity contribution in [2.24, 2.45) is 5.41 Å². The molecule has 186 valence electrons. The number of benzene rings is 1. The fourth-order valence-electron chi connectivity index (χ4n) is 3.35. The topological polar surface area (TPSA) is 104 Å². The Morgan fingerprint density at radius 1 is 0.970 bits per heavy atom. The Balaban J connectivity index is 0.000000675. The van der Waals surface area contributed by atoms with Gasteiger partial charge in [-0.1, -0.05) is 53.0 Å². The highest BCUT2D eigenvalue weighted by atomic mass is 33.1. The van der Waals surface area contributed by atoms with Crippen molar-refractivity contribution in [2.45, 2.75) is 51.1 Å². The van der Waals surface area contributed by atoms with Gasteiger partial charge in [-0.2, -0.15) is 13.2 Å². The van der Waals surface area contributed by atoms with Crippen LogP contribution in [0, 0.1) is 11.2 Å². The average molecular weight is 514 g/mol. The van der Waals surface area contributed by atoms with Crippen LogP contribution in [0.4, 0.5) is 17.6 Å². The zero-order chi connectivity index (χ0) is 24.9. The Morgan fingerprint density at radius 3 is 2.03 bits per heavy atom. The molecule has 0 saturated heterocycles. The Hall–Kier alpha value is -1.95. The zero-order valence-corrected chi connectivity index (χ0v) is 19.5.